The Labute approximate surface area is 151 Å². The Kier molecular flexibility index (Phi) is 4.06. The minimum absolute atomic E-state index is 0.0649. The Hall–Kier alpha value is -3.15. The maximum atomic E-state index is 12.2. The van der Waals surface area contributed by atoms with Gasteiger partial charge in [0.2, 0.25) is 0 Å². The normalized spacial score (nSPS) is 11.7. The van der Waals surface area contributed by atoms with Gasteiger partial charge in [-0.05, 0) is 47.7 Å². The maximum absolute atomic E-state index is 12.2. The maximum Gasteiger partial charge on any atom is 0.190 e. The van der Waals surface area contributed by atoms with Gasteiger partial charge >= 0.3 is 0 Å². The number of ketones is 1. The predicted octanol–water partition coefficient (Wildman–Crippen LogP) is 3.76. The highest BCUT2D eigenvalue weighted by Crippen LogP contribution is 2.30. The highest BCUT2D eigenvalue weighted by Gasteiger charge is 2.19. The van der Waals surface area contributed by atoms with Crippen molar-refractivity contribution in [3.8, 4) is 11.4 Å². The number of carbonyl (C=O) groups excluding carboxylic acids is 1. The highest BCUT2D eigenvalue weighted by molar-refractivity contribution is 6.14. The molecule has 0 bridgehead atoms. The second kappa shape index (κ2) is 5.98. The number of carbonyl (C=O) groups is 1. The lowest BCUT2D eigenvalue weighted by atomic mass is 9.87. The van der Waals surface area contributed by atoms with E-state index in [0.29, 0.717) is 27.9 Å². The molecule has 3 N–H and O–H groups in total. The first kappa shape index (κ1) is 17.7. The number of nitrogen functional groups attached to an aromatic ring is 1. The van der Waals surface area contributed by atoms with Gasteiger partial charge in [0, 0.05) is 5.56 Å². The Balaban J connectivity index is 2.18. The first-order valence-electron chi connectivity index (χ1n) is 8.29. The fraction of sp³-hybridized carbons (Fsp3) is 0.250. The molecule has 6 heteroatoms. The zero-order valence-corrected chi connectivity index (χ0v) is 15.4. The zero-order valence-electron chi connectivity index (χ0n) is 15.4. The van der Waals surface area contributed by atoms with E-state index in [1.54, 1.807) is 25.1 Å². The van der Waals surface area contributed by atoms with Crippen molar-refractivity contribution in [2.75, 3.05) is 5.73 Å². The third-order valence-corrected chi connectivity index (χ3v) is 4.28. The molecule has 1 heterocycles. The topological polar surface area (TPSA) is 94.0 Å². The Bertz CT molecular complexity index is 1040. The number of fused-ring (bicyclic) bond motifs is 1. The molecule has 6 nitrogen and oxygen atoms in total. The van der Waals surface area contributed by atoms with Crippen LogP contribution in [0.5, 0.6) is 5.75 Å². The molecule has 134 valence electrons. The fourth-order valence-corrected chi connectivity index (χ4v) is 2.69. The number of anilines is 1. The van der Waals surface area contributed by atoms with Gasteiger partial charge in [-0.25, -0.2) is 0 Å². The lowest BCUT2D eigenvalue weighted by Crippen LogP contribution is -2.12. The molecule has 0 radical (unpaired) electrons. The lowest BCUT2D eigenvalue weighted by Gasteiger charge is -2.19. The van der Waals surface area contributed by atoms with Crippen LogP contribution in [0.2, 0.25) is 0 Å². The highest BCUT2D eigenvalue weighted by atomic mass is 16.3. The monoisotopic (exact) mass is 350 g/mol. The molecule has 0 spiro atoms. The number of nitrogens with two attached hydrogens (primary N) is 1. The molecule has 26 heavy (non-hydrogen) atoms. The van der Waals surface area contributed by atoms with Crippen LogP contribution in [0.25, 0.3) is 16.7 Å². The largest absolute Gasteiger partial charge is 0.506 e. The average Bonchev–Trinajstić information content (AvgIpc) is 2.98. The lowest BCUT2D eigenvalue weighted by molar-refractivity contribution is 0.103. The molecular formula is C20H22N4O2. The molecule has 0 aliphatic rings. The summed E-state index contributed by atoms with van der Waals surface area (Å²) in [5.41, 5.74) is 9.52. The summed E-state index contributed by atoms with van der Waals surface area (Å²) in [5.74, 6) is -0.161. The second-order valence-corrected chi connectivity index (χ2v) is 7.45. The van der Waals surface area contributed by atoms with Gasteiger partial charge in [0.15, 0.2) is 5.78 Å². The number of phenolic OH excluding ortho intramolecular Hbond substituents is 1. The molecule has 0 saturated carbocycles. The predicted molar refractivity (Wildman–Crippen MR) is 103 cm³/mol. The Morgan fingerprint density at radius 3 is 2.50 bits per heavy atom. The van der Waals surface area contributed by atoms with Crippen molar-refractivity contribution in [1.29, 1.82) is 0 Å². The summed E-state index contributed by atoms with van der Waals surface area (Å²) < 4.78 is 0. The van der Waals surface area contributed by atoms with Crippen LogP contribution >= 0.6 is 0 Å². The van der Waals surface area contributed by atoms with Gasteiger partial charge in [-0.15, -0.1) is 15.0 Å². The number of nitrogens with zero attached hydrogens (tertiary/aromatic N) is 3. The van der Waals surface area contributed by atoms with Gasteiger partial charge < -0.3 is 10.8 Å². The molecule has 3 rings (SSSR count). The molecule has 1 aromatic heterocycles. The van der Waals surface area contributed by atoms with E-state index in [1.165, 1.54) is 4.80 Å². The van der Waals surface area contributed by atoms with Crippen molar-refractivity contribution in [2.24, 2.45) is 0 Å². The van der Waals surface area contributed by atoms with Gasteiger partial charge in [-0.1, -0.05) is 33.4 Å². The summed E-state index contributed by atoms with van der Waals surface area (Å²) in [4.78, 5) is 13.6. The number of benzene rings is 2. The van der Waals surface area contributed by atoms with E-state index in [0.717, 1.165) is 5.56 Å². The van der Waals surface area contributed by atoms with Gasteiger partial charge in [0.05, 0.1) is 5.69 Å². The minimum Gasteiger partial charge on any atom is -0.506 e. The second-order valence-electron chi connectivity index (χ2n) is 7.45. The minimum atomic E-state index is -0.225. The van der Waals surface area contributed by atoms with Gasteiger partial charge in [0.1, 0.15) is 22.5 Å². The van der Waals surface area contributed by atoms with Gasteiger partial charge in [-0.3, -0.25) is 4.79 Å². The summed E-state index contributed by atoms with van der Waals surface area (Å²) in [7, 11) is 0. The molecule has 0 atom stereocenters. The van der Waals surface area contributed by atoms with Crippen LogP contribution in [0.1, 0.15) is 43.6 Å². The molecule has 3 aromatic rings. The van der Waals surface area contributed by atoms with Crippen molar-refractivity contribution >= 4 is 22.5 Å². The third-order valence-electron chi connectivity index (χ3n) is 4.28. The van der Waals surface area contributed by atoms with Gasteiger partial charge in [-0.2, -0.15) is 0 Å². The quantitative estimate of drug-likeness (QED) is 0.426. The van der Waals surface area contributed by atoms with E-state index in [2.05, 4.69) is 37.5 Å². The first-order valence-corrected chi connectivity index (χ1v) is 8.29. The van der Waals surface area contributed by atoms with E-state index >= 15 is 0 Å². The van der Waals surface area contributed by atoms with Crippen molar-refractivity contribution in [3.05, 3.63) is 53.6 Å². The van der Waals surface area contributed by atoms with Crippen molar-refractivity contribution in [1.82, 2.24) is 15.0 Å². The summed E-state index contributed by atoms with van der Waals surface area (Å²) in [5, 5.41) is 19.1. The van der Waals surface area contributed by atoms with Crippen molar-refractivity contribution in [2.45, 2.75) is 33.1 Å². The SMILES string of the molecule is C=C(C)C(=O)c1ccc2nn(-c3cc(C(C)(C)C)ccc3O)nc2c1N. The van der Waals surface area contributed by atoms with Crippen LogP contribution in [0.15, 0.2) is 42.5 Å². The molecule has 0 amide bonds. The molecule has 0 aliphatic carbocycles. The summed E-state index contributed by atoms with van der Waals surface area (Å²) in [6.45, 7) is 11.6. The van der Waals surface area contributed by atoms with Crippen LogP contribution in [0.3, 0.4) is 0 Å². The van der Waals surface area contributed by atoms with Crippen molar-refractivity contribution in [3.63, 3.8) is 0 Å². The molecule has 0 saturated heterocycles. The first-order chi connectivity index (χ1) is 12.1. The van der Waals surface area contributed by atoms with Gasteiger partial charge in [0.25, 0.3) is 0 Å². The van der Waals surface area contributed by atoms with E-state index in [9.17, 15) is 9.90 Å². The summed E-state index contributed by atoms with van der Waals surface area (Å²) in [6.07, 6.45) is 0. The van der Waals surface area contributed by atoms with Crippen LogP contribution in [-0.2, 0) is 5.41 Å². The van der Waals surface area contributed by atoms with E-state index in [4.69, 9.17) is 5.73 Å². The number of rotatable bonds is 3. The van der Waals surface area contributed by atoms with E-state index in [-0.39, 0.29) is 22.6 Å². The molecular weight excluding hydrogens is 328 g/mol. The van der Waals surface area contributed by atoms with Crippen LogP contribution < -0.4 is 5.73 Å². The number of hydrogen-bond donors (Lipinski definition) is 2. The Morgan fingerprint density at radius 1 is 1.19 bits per heavy atom. The van der Waals surface area contributed by atoms with Crippen molar-refractivity contribution < 1.29 is 9.90 Å². The number of phenols is 1. The smallest absolute Gasteiger partial charge is 0.190 e. The van der Waals surface area contributed by atoms with E-state index < -0.39 is 0 Å². The summed E-state index contributed by atoms with van der Waals surface area (Å²) >= 11 is 0. The average molecular weight is 350 g/mol. The number of Topliss-reactive ketones (excluding diaryl/α,β-unsaturated/α-hetero) is 1. The molecule has 0 fully saturated rings. The molecule has 0 aliphatic heterocycles. The molecule has 0 unspecified atom stereocenters. The number of hydrogen-bond acceptors (Lipinski definition) is 5. The number of aromatic nitrogens is 3. The van der Waals surface area contributed by atoms with Crippen LogP contribution in [-0.4, -0.2) is 25.9 Å². The fourth-order valence-electron chi connectivity index (χ4n) is 2.69. The zero-order chi connectivity index (χ0) is 19.2. The standard InChI is InChI=1S/C20H22N4O2/c1-11(2)19(26)13-7-8-14-18(17(13)21)23-24(22-14)15-10-12(20(3,4)5)6-9-16(15)25/h6-10,25H,1,21H2,2-5H3. The Morgan fingerprint density at radius 2 is 1.88 bits per heavy atom. The molecule has 2 aromatic carbocycles. The summed E-state index contributed by atoms with van der Waals surface area (Å²) in [6, 6.07) is 8.67. The van der Waals surface area contributed by atoms with Crippen LogP contribution in [0, 0.1) is 0 Å². The number of aromatic hydroxyl groups is 1. The third kappa shape index (κ3) is 2.94. The van der Waals surface area contributed by atoms with E-state index in [1.807, 2.05) is 12.1 Å². The van der Waals surface area contributed by atoms with Crippen LogP contribution in [0.4, 0.5) is 5.69 Å². The number of allylic oxidation sites excluding steroid dienone is 1.